The molecular weight excluding hydrogens is 342 g/mol. The normalized spacial score (nSPS) is 12.7. The molecule has 1 atom stereocenters. The third kappa shape index (κ3) is 3.50. The van der Waals surface area contributed by atoms with Crippen LogP contribution in [-0.2, 0) is 0 Å². The number of phenols is 1. The molecule has 1 rings (SSSR count). The molecule has 4 nitrogen and oxygen atoms in total. The standard InChI is InChI=1S/C9H7BrF3NO3.ClH/c10-5-2-3(8(16)17)1-4(6(5)15)7(14)9(11,12)13;/h1-2,7,15H,14H2,(H,16,17);1H/t7-;/m1./s1. The first-order valence-corrected chi connectivity index (χ1v) is 5.02. The van der Waals surface area contributed by atoms with Crippen LogP contribution in [0.1, 0.15) is 22.0 Å². The Hall–Kier alpha value is -0.990. The number of alkyl halides is 3. The van der Waals surface area contributed by atoms with Crippen LogP contribution in [0.5, 0.6) is 5.75 Å². The summed E-state index contributed by atoms with van der Waals surface area (Å²) in [5.41, 5.74) is 3.82. The molecule has 1 aromatic rings. The first kappa shape index (κ1) is 17.0. The van der Waals surface area contributed by atoms with Crippen molar-refractivity contribution in [3.63, 3.8) is 0 Å². The van der Waals surface area contributed by atoms with Gasteiger partial charge in [-0.05, 0) is 28.1 Å². The highest BCUT2D eigenvalue weighted by Crippen LogP contribution is 2.39. The van der Waals surface area contributed by atoms with E-state index in [0.717, 1.165) is 6.07 Å². The second kappa shape index (κ2) is 5.77. The summed E-state index contributed by atoms with van der Waals surface area (Å²) in [4.78, 5) is 10.7. The van der Waals surface area contributed by atoms with Gasteiger partial charge in [0, 0.05) is 5.56 Å². The molecule has 4 N–H and O–H groups in total. The number of carbonyl (C=O) groups is 1. The SMILES string of the molecule is Cl.N[C@H](c1cc(C(=O)O)cc(Br)c1O)C(F)(F)F. The fourth-order valence-corrected chi connectivity index (χ4v) is 1.63. The van der Waals surface area contributed by atoms with Gasteiger partial charge in [0.1, 0.15) is 11.8 Å². The Balaban J connectivity index is 0.00000289. The van der Waals surface area contributed by atoms with E-state index in [2.05, 4.69) is 15.9 Å². The minimum Gasteiger partial charge on any atom is -0.506 e. The van der Waals surface area contributed by atoms with Crippen LogP contribution in [0, 0.1) is 0 Å². The summed E-state index contributed by atoms with van der Waals surface area (Å²) in [5.74, 6) is -2.14. The van der Waals surface area contributed by atoms with Gasteiger partial charge in [0.15, 0.2) is 0 Å². The van der Waals surface area contributed by atoms with Crippen LogP contribution >= 0.6 is 28.3 Å². The Bertz CT molecular complexity index is 467. The van der Waals surface area contributed by atoms with Gasteiger partial charge in [0.2, 0.25) is 0 Å². The van der Waals surface area contributed by atoms with E-state index in [0.29, 0.717) is 6.07 Å². The molecule has 0 unspecified atom stereocenters. The van der Waals surface area contributed by atoms with E-state index < -0.39 is 35.1 Å². The zero-order valence-corrected chi connectivity index (χ0v) is 10.9. The van der Waals surface area contributed by atoms with Gasteiger partial charge in [-0.1, -0.05) is 0 Å². The van der Waals surface area contributed by atoms with Crippen LogP contribution in [-0.4, -0.2) is 22.4 Å². The van der Waals surface area contributed by atoms with Crippen molar-refractivity contribution >= 4 is 34.3 Å². The first-order valence-electron chi connectivity index (χ1n) is 4.22. The van der Waals surface area contributed by atoms with E-state index >= 15 is 0 Å². The van der Waals surface area contributed by atoms with E-state index in [1.165, 1.54) is 0 Å². The summed E-state index contributed by atoms with van der Waals surface area (Å²) in [6.07, 6.45) is -4.77. The molecule has 0 aliphatic carbocycles. The topological polar surface area (TPSA) is 83.6 Å². The molecule has 0 fully saturated rings. The van der Waals surface area contributed by atoms with Crippen LogP contribution in [0.25, 0.3) is 0 Å². The fourth-order valence-electron chi connectivity index (χ4n) is 1.16. The van der Waals surface area contributed by atoms with Crippen molar-refractivity contribution in [3.8, 4) is 5.75 Å². The van der Waals surface area contributed by atoms with Gasteiger partial charge in [0.25, 0.3) is 0 Å². The lowest BCUT2D eigenvalue weighted by Crippen LogP contribution is -2.28. The Morgan fingerprint density at radius 1 is 1.39 bits per heavy atom. The molecule has 0 radical (unpaired) electrons. The second-order valence-corrected chi connectivity index (χ2v) is 4.07. The van der Waals surface area contributed by atoms with Gasteiger partial charge < -0.3 is 15.9 Å². The lowest BCUT2D eigenvalue weighted by Gasteiger charge is -2.18. The highest BCUT2D eigenvalue weighted by molar-refractivity contribution is 9.10. The van der Waals surface area contributed by atoms with Gasteiger partial charge in [-0.25, -0.2) is 4.79 Å². The molecule has 0 aliphatic rings. The quantitative estimate of drug-likeness (QED) is 0.766. The largest absolute Gasteiger partial charge is 0.506 e. The number of nitrogens with two attached hydrogens (primary N) is 1. The van der Waals surface area contributed by atoms with E-state index in [-0.39, 0.29) is 16.9 Å². The fraction of sp³-hybridized carbons (Fsp3) is 0.222. The van der Waals surface area contributed by atoms with Crippen LogP contribution in [0.3, 0.4) is 0 Å². The van der Waals surface area contributed by atoms with E-state index in [1.807, 2.05) is 0 Å². The number of aromatic hydroxyl groups is 1. The Morgan fingerprint density at radius 3 is 2.28 bits per heavy atom. The van der Waals surface area contributed by atoms with Crippen molar-refractivity contribution in [2.75, 3.05) is 0 Å². The maximum Gasteiger partial charge on any atom is 0.407 e. The minimum atomic E-state index is -4.77. The van der Waals surface area contributed by atoms with Gasteiger partial charge in [-0.15, -0.1) is 12.4 Å². The summed E-state index contributed by atoms with van der Waals surface area (Å²) < 4.78 is 37.0. The number of aromatic carboxylic acids is 1. The number of benzene rings is 1. The number of carboxylic acids is 1. The highest BCUT2D eigenvalue weighted by atomic mass is 79.9. The maximum atomic E-state index is 12.4. The number of phenolic OH excluding ortho intramolecular Hbond substituents is 1. The Kier molecular flexibility index (Phi) is 5.45. The summed E-state index contributed by atoms with van der Waals surface area (Å²) in [5, 5.41) is 18.1. The van der Waals surface area contributed by atoms with Gasteiger partial charge in [-0.3, -0.25) is 0 Å². The van der Waals surface area contributed by atoms with Crippen LogP contribution in [0.15, 0.2) is 16.6 Å². The summed E-state index contributed by atoms with van der Waals surface area (Å²) >= 11 is 2.76. The number of hydrogen-bond donors (Lipinski definition) is 3. The Morgan fingerprint density at radius 2 is 1.89 bits per heavy atom. The molecule has 0 aromatic heterocycles. The number of hydrogen-bond acceptors (Lipinski definition) is 3. The van der Waals surface area contributed by atoms with Crippen molar-refractivity contribution in [2.45, 2.75) is 12.2 Å². The number of halogens is 5. The van der Waals surface area contributed by atoms with Crippen molar-refractivity contribution in [1.29, 1.82) is 0 Å². The van der Waals surface area contributed by atoms with Gasteiger partial charge >= 0.3 is 12.1 Å². The third-order valence-corrected chi connectivity index (χ3v) is 2.63. The van der Waals surface area contributed by atoms with Crippen molar-refractivity contribution in [2.24, 2.45) is 5.73 Å². The zero-order valence-electron chi connectivity index (χ0n) is 8.53. The van der Waals surface area contributed by atoms with E-state index in [1.54, 1.807) is 0 Å². The average molecular weight is 351 g/mol. The molecular formula is C9H8BrClF3NO3. The van der Waals surface area contributed by atoms with E-state index in [4.69, 9.17) is 10.8 Å². The predicted molar refractivity (Wildman–Crippen MR) is 63.0 cm³/mol. The van der Waals surface area contributed by atoms with Crippen molar-refractivity contribution < 1.29 is 28.2 Å². The molecule has 0 saturated heterocycles. The molecule has 0 bridgehead atoms. The predicted octanol–water partition coefficient (Wildman–Crippen LogP) is 2.84. The molecule has 0 amide bonds. The van der Waals surface area contributed by atoms with E-state index in [9.17, 15) is 23.1 Å². The summed E-state index contributed by atoms with van der Waals surface area (Å²) in [6.45, 7) is 0. The maximum absolute atomic E-state index is 12.4. The lowest BCUT2D eigenvalue weighted by molar-refractivity contribution is -0.149. The highest BCUT2D eigenvalue weighted by Gasteiger charge is 2.40. The number of carboxylic acid groups (broad SMARTS) is 1. The molecule has 0 heterocycles. The molecule has 102 valence electrons. The van der Waals surface area contributed by atoms with Crippen LogP contribution in [0.4, 0.5) is 13.2 Å². The second-order valence-electron chi connectivity index (χ2n) is 3.22. The minimum absolute atomic E-state index is 0. The van der Waals surface area contributed by atoms with Crippen LogP contribution < -0.4 is 5.73 Å². The molecule has 0 spiro atoms. The summed E-state index contributed by atoms with van der Waals surface area (Å²) in [6, 6.07) is -0.761. The molecule has 0 saturated carbocycles. The van der Waals surface area contributed by atoms with Crippen LogP contribution in [0.2, 0.25) is 0 Å². The first-order chi connectivity index (χ1) is 7.64. The molecule has 18 heavy (non-hydrogen) atoms. The Labute approximate surface area is 114 Å². The zero-order chi connectivity index (χ0) is 13.4. The number of rotatable bonds is 2. The van der Waals surface area contributed by atoms with Gasteiger partial charge in [-0.2, -0.15) is 13.2 Å². The molecule has 9 heteroatoms. The average Bonchev–Trinajstić information content (AvgIpc) is 2.19. The van der Waals surface area contributed by atoms with Crippen molar-refractivity contribution in [1.82, 2.24) is 0 Å². The summed E-state index contributed by atoms with van der Waals surface area (Å²) in [7, 11) is 0. The van der Waals surface area contributed by atoms with Gasteiger partial charge in [0.05, 0.1) is 10.0 Å². The monoisotopic (exact) mass is 349 g/mol. The molecule has 0 aliphatic heterocycles. The smallest absolute Gasteiger partial charge is 0.407 e. The lowest BCUT2D eigenvalue weighted by atomic mass is 10.0. The van der Waals surface area contributed by atoms with Crippen molar-refractivity contribution in [3.05, 3.63) is 27.7 Å². The molecule has 1 aromatic carbocycles. The third-order valence-electron chi connectivity index (χ3n) is 2.03.